The van der Waals surface area contributed by atoms with E-state index in [1.54, 1.807) is 24.3 Å². The molecule has 0 fully saturated rings. The Morgan fingerprint density at radius 3 is 1.90 bits per heavy atom. The quantitative estimate of drug-likeness (QED) is 0.215. The molecule has 0 aliphatic carbocycles. The lowest BCUT2D eigenvalue weighted by atomic mass is 10.2. The Balaban J connectivity index is 1.54. The van der Waals surface area contributed by atoms with E-state index < -0.39 is 32.5 Å². The number of rotatable bonds is 9. The lowest BCUT2D eigenvalue weighted by Gasteiger charge is -2.24. The standard InChI is InChI=1S/C27H22Cl3N3O5S2/c1-18-2-11-24(12-3-18)40(37,38)33(22-10-15-25(29)26(30)16-22)17-27(34)31-20-8-13-23(14-9-20)39(35,36)32-21-6-4-19(28)5-7-21/h2-16,32H,17H2,1H3,(H,31,34). The molecular formula is C27H22Cl3N3O5S2. The first kappa shape index (κ1) is 29.7. The van der Waals surface area contributed by atoms with Crippen molar-refractivity contribution < 1.29 is 21.6 Å². The van der Waals surface area contributed by atoms with Crippen molar-refractivity contribution >= 4 is 77.8 Å². The van der Waals surface area contributed by atoms with Crippen LogP contribution in [0.3, 0.4) is 0 Å². The van der Waals surface area contributed by atoms with Crippen LogP contribution >= 0.6 is 34.8 Å². The van der Waals surface area contributed by atoms with Crippen LogP contribution in [0.5, 0.6) is 0 Å². The molecule has 40 heavy (non-hydrogen) atoms. The van der Waals surface area contributed by atoms with E-state index >= 15 is 0 Å². The van der Waals surface area contributed by atoms with Crippen molar-refractivity contribution in [2.75, 3.05) is 20.9 Å². The normalized spacial score (nSPS) is 11.6. The summed E-state index contributed by atoms with van der Waals surface area (Å²) < 4.78 is 55.9. The Kier molecular flexibility index (Phi) is 8.96. The maximum Gasteiger partial charge on any atom is 0.264 e. The number of nitrogens with zero attached hydrogens (tertiary/aromatic N) is 1. The number of halogens is 3. The van der Waals surface area contributed by atoms with Gasteiger partial charge in [0.05, 0.1) is 25.5 Å². The first-order valence-corrected chi connectivity index (χ1v) is 15.6. The van der Waals surface area contributed by atoms with Crippen LogP contribution < -0.4 is 14.3 Å². The third-order valence-electron chi connectivity index (χ3n) is 5.63. The van der Waals surface area contributed by atoms with Crippen LogP contribution in [-0.2, 0) is 24.8 Å². The molecule has 0 aliphatic heterocycles. The Bertz CT molecular complexity index is 1750. The molecule has 0 aromatic heterocycles. The molecule has 2 N–H and O–H groups in total. The Labute approximate surface area is 247 Å². The largest absolute Gasteiger partial charge is 0.325 e. The van der Waals surface area contributed by atoms with E-state index in [4.69, 9.17) is 34.8 Å². The number of sulfonamides is 2. The molecule has 4 aromatic rings. The molecular weight excluding hydrogens is 617 g/mol. The summed E-state index contributed by atoms with van der Waals surface area (Å²) in [6, 6.07) is 22.0. The zero-order valence-electron chi connectivity index (χ0n) is 20.8. The number of amides is 1. The van der Waals surface area contributed by atoms with E-state index in [1.165, 1.54) is 66.7 Å². The second kappa shape index (κ2) is 12.1. The van der Waals surface area contributed by atoms with Crippen LogP contribution in [0.4, 0.5) is 17.1 Å². The van der Waals surface area contributed by atoms with Crippen LogP contribution in [-0.4, -0.2) is 29.3 Å². The minimum absolute atomic E-state index is 0.0141. The first-order chi connectivity index (χ1) is 18.8. The number of benzene rings is 4. The third kappa shape index (κ3) is 7.07. The van der Waals surface area contributed by atoms with Crippen LogP contribution in [0, 0.1) is 6.92 Å². The Morgan fingerprint density at radius 1 is 0.725 bits per heavy atom. The fraction of sp³-hybridized carbons (Fsp3) is 0.0741. The number of hydrogen-bond acceptors (Lipinski definition) is 5. The molecule has 0 saturated carbocycles. The van der Waals surface area contributed by atoms with E-state index in [0.29, 0.717) is 10.7 Å². The molecule has 0 radical (unpaired) electrons. The lowest BCUT2D eigenvalue weighted by molar-refractivity contribution is -0.114. The van der Waals surface area contributed by atoms with Gasteiger partial charge in [0.1, 0.15) is 6.54 Å². The zero-order chi connectivity index (χ0) is 29.1. The van der Waals surface area contributed by atoms with E-state index in [0.717, 1.165) is 9.87 Å². The molecule has 1 amide bonds. The molecule has 208 valence electrons. The Hall–Kier alpha value is -3.28. The molecule has 0 bridgehead atoms. The van der Waals surface area contributed by atoms with Crippen molar-refractivity contribution in [2.45, 2.75) is 16.7 Å². The van der Waals surface area contributed by atoms with Crippen molar-refractivity contribution in [3.8, 4) is 0 Å². The van der Waals surface area contributed by atoms with Gasteiger partial charge in [0.2, 0.25) is 5.91 Å². The molecule has 13 heteroatoms. The number of nitrogens with one attached hydrogen (secondary N) is 2. The van der Waals surface area contributed by atoms with Crippen molar-refractivity contribution in [2.24, 2.45) is 0 Å². The van der Waals surface area contributed by atoms with Gasteiger partial charge in [-0.2, -0.15) is 0 Å². The van der Waals surface area contributed by atoms with Crippen molar-refractivity contribution in [1.29, 1.82) is 0 Å². The van der Waals surface area contributed by atoms with Gasteiger partial charge in [-0.05, 0) is 85.8 Å². The van der Waals surface area contributed by atoms with Gasteiger partial charge < -0.3 is 5.32 Å². The summed E-state index contributed by atoms with van der Waals surface area (Å²) >= 11 is 18.0. The molecule has 0 saturated heterocycles. The van der Waals surface area contributed by atoms with Crippen molar-refractivity contribution in [3.05, 3.63) is 112 Å². The molecule has 0 spiro atoms. The third-order valence-corrected chi connectivity index (χ3v) is 9.81. The van der Waals surface area contributed by atoms with Crippen LogP contribution in [0.1, 0.15) is 5.56 Å². The van der Waals surface area contributed by atoms with Gasteiger partial charge in [0.25, 0.3) is 20.0 Å². The number of aryl methyl sites for hydroxylation is 1. The number of hydrogen-bond donors (Lipinski definition) is 2. The van der Waals surface area contributed by atoms with Gasteiger partial charge in [-0.3, -0.25) is 13.8 Å². The highest BCUT2D eigenvalue weighted by atomic mass is 35.5. The molecule has 0 heterocycles. The summed E-state index contributed by atoms with van der Waals surface area (Å²) in [7, 11) is -8.08. The van der Waals surface area contributed by atoms with Crippen LogP contribution in [0.15, 0.2) is 101 Å². The smallest absolute Gasteiger partial charge is 0.264 e. The molecule has 8 nitrogen and oxygen atoms in total. The van der Waals surface area contributed by atoms with E-state index in [9.17, 15) is 21.6 Å². The minimum atomic E-state index is -4.17. The summed E-state index contributed by atoms with van der Waals surface area (Å²) in [5.74, 6) is -0.670. The van der Waals surface area contributed by atoms with E-state index in [-0.39, 0.29) is 31.2 Å². The molecule has 4 aromatic carbocycles. The second-order valence-corrected chi connectivity index (χ2v) is 13.4. The van der Waals surface area contributed by atoms with Gasteiger partial charge in [0, 0.05) is 16.4 Å². The average Bonchev–Trinajstić information content (AvgIpc) is 2.91. The zero-order valence-corrected chi connectivity index (χ0v) is 24.7. The summed E-state index contributed by atoms with van der Waals surface area (Å²) in [5.41, 5.74) is 1.60. The van der Waals surface area contributed by atoms with Crippen LogP contribution in [0.25, 0.3) is 0 Å². The topological polar surface area (TPSA) is 113 Å². The van der Waals surface area contributed by atoms with Gasteiger partial charge >= 0.3 is 0 Å². The predicted octanol–water partition coefficient (Wildman–Crippen LogP) is 6.59. The minimum Gasteiger partial charge on any atom is -0.325 e. The highest BCUT2D eigenvalue weighted by Crippen LogP contribution is 2.31. The number of carbonyl (C=O) groups is 1. The Morgan fingerprint density at radius 2 is 1.30 bits per heavy atom. The molecule has 4 rings (SSSR count). The maximum atomic E-state index is 13.5. The fourth-order valence-corrected chi connectivity index (χ4v) is 6.46. The highest BCUT2D eigenvalue weighted by molar-refractivity contribution is 7.93. The van der Waals surface area contributed by atoms with Gasteiger partial charge in [-0.1, -0.05) is 52.5 Å². The summed E-state index contributed by atoms with van der Waals surface area (Å²) in [6.45, 7) is 1.23. The highest BCUT2D eigenvalue weighted by Gasteiger charge is 2.28. The first-order valence-electron chi connectivity index (χ1n) is 11.6. The maximum absolute atomic E-state index is 13.5. The monoisotopic (exact) mass is 637 g/mol. The van der Waals surface area contributed by atoms with Gasteiger partial charge in [-0.25, -0.2) is 16.8 Å². The average molecular weight is 639 g/mol. The molecule has 0 unspecified atom stereocenters. The van der Waals surface area contributed by atoms with Crippen molar-refractivity contribution in [1.82, 2.24) is 0 Å². The fourth-order valence-electron chi connectivity index (χ4n) is 3.57. The predicted molar refractivity (Wildman–Crippen MR) is 160 cm³/mol. The number of carbonyl (C=O) groups excluding carboxylic acids is 1. The molecule has 0 atom stereocenters. The summed E-state index contributed by atoms with van der Waals surface area (Å²) in [6.07, 6.45) is 0. The summed E-state index contributed by atoms with van der Waals surface area (Å²) in [5, 5.41) is 3.41. The van der Waals surface area contributed by atoms with Crippen LogP contribution in [0.2, 0.25) is 15.1 Å². The lowest BCUT2D eigenvalue weighted by Crippen LogP contribution is -2.38. The summed E-state index contributed by atoms with van der Waals surface area (Å²) in [4.78, 5) is 13.0. The molecule has 0 aliphatic rings. The van der Waals surface area contributed by atoms with E-state index in [1.807, 2.05) is 6.92 Å². The van der Waals surface area contributed by atoms with Crippen molar-refractivity contribution in [3.63, 3.8) is 0 Å². The second-order valence-electron chi connectivity index (χ2n) is 8.61. The van der Waals surface area contributed by atoms with Gasteiger partial charge in [-0.15, -0.1) is 0 Å². The van der Waals surface area contributed by atoms with E-state index in [2.05, 4.69) is 10.0 Å². The number of anilines is 3. The van der Waals surface area contributed by atoms with Gasteiger partial charge in [0.15, 0.2) is 0 Å². The SMILES string of the molecule is Cc1ccc(S(=O)(=O)N(CC(=O)Nc2ccc(S(=O)(=O)Nc3ccc(Cl)cc3)cc2)c2ccc(Cl)c(Cl)c2)cc1.